The van der Waals surface area contributed by atoms with Gasteiger partial charge in [0.25, 0.3) is 0 Å². The van der Waals surface area contributed by atoms with Crippen LogP contribution in [0.25, 0.3) is 0 Å². The first kappa shape index (κ1) is 18.4. The number of nitrogens with zero attached hydrogens (tertiary/aromatic N) is 1. The van der Waals surface area contributed by atoms with Gasteiger partial charge in [0.05, 0.1) is 12.7 Å². The summed E-state index contributed by atoms with van der Waals surface area (Å²) in [6, 6.07) is 0.0535. The Labute approximate surface area is 129 Å². The predicted octanol–water partition coefficient (Wildman–Crippen LogP) is 1.66. The number of hydrogen-bond acceptors (Lipinski definition) is 5. The van der Waals surface area contributed by atoms with Crippen LogP contribution in [0, 0.1) is 5.92 Å². The minimum absolute atomic E-state index is 0.139. The standard InChI is InChI=1S/C16H32N2O3/c1-6-21-16(19)14(17-12(2)3)8-10-18-9-7-13(4)15(11-18)20-5/h12-15,17H,6-11H2,1-5H3. The summed E-state index contributed by atoms with van der Waals surface area (Å²) in [6.07, 6.45) is 2.24. The van der Waals surface area contributed by atoms with Crippen molar-refractivity contribution in [3.05, 3.63) is 0 Å². The zero-order valence-electron chi connectivity index (χ0n) is 14.2. The van der Waals surface area contributed by atoms with Crippen LogP contribution < -0.4 is 5.32 Å². The molecule has 1 aliphatic rings. The Morgan fingerprint density at radius 3 is 2.71 bits per heavy atom. The molecule has 0 saturated carbocycles. The first-order valence-corrected chi connectivity index (χ1v) is 8.15. The van der Waals surface area contributed by atoms with Crippen LogP contribution in [-0.4, -0.2) is 62.4 Å². The van der Waals surface area contributed by atoms with Gasteiger partial charge < -0.3 is 19.7 Å². The fraction of sp³-hybridized carbons (Fsp3) is 0.938. The van der Waals surface area contributed by atoms with E-state index in [0.29, 0.717) is 18.6 Å². The summed E-state index contributed by atoms with van der Waals surface area (Å²) < 4.78 is 10.7. The highest BCUT2D eigenvalue weighted by Gasteiger charge is 2.27. The quantitative estimate of drug-likeness (QED) is 0.691. The van der Waals surface area contributed by atoms with E-state index in [1.54, 1.807) is 7.11 Å². The lowest BCUT2D eigenvalue weighted by molar-refractivity contribution is -0.146. The molecule has 21 heavy (non-hydrogen) atoms. The molecule has 0 aromatic heterocycles. The Balaban J connectivity index is 2.46. The molecule has 1 heterocycles. The Morgan fingerprint density at radius 2 is 2.14 bits per heavy atom. The van der Waals surface area contributed by atoms with Gasteiger partial charge in [-0.3, -0.25) is 4.79 Å². The molecule has 1 aliphatic heterocycles. The molecule has 0 bridgehead atoms. The molecule has 0 aliphatic carbocycles. The number of nitrogens with one attached hydrogen (secondary N) is 1. The molecule has 0 radical (unpaired) electrons. The van der Waals surface area contributed by atoms with Crippen LogP contribution in [0.3, 0.4) is 0 Å². The van der Waals surface area contributed by atoms with Crippen molar-refractivity contribution in [2.45, 2.75) is 58.7 Å². The van der Waals surface area contributed by atoms with E-state index in [4.69, 9.17) is 9.47 Å². The fourth-order valence-electron chi connectivity index (χ4n) is 2.83. The smallest absolute Gasteiger partial charge is 0.323 e. The van der Waals surface area contributed by atoms with Gasteiger partial charge in [0, 0.05) is 26.2 Å². The average molecular weight is 300 g/mol. The van der Waals surface area contributed by atoms with E-state index >= 15 is 0 Å². The minimum atomic E-state index is -0.217. The van der Waals surface area contributed by atoms with Crippen LogP contribution >= 0.6 is 0 Å². The van der Waals surface area contributed by atoms with E-state index in [2.05, 4.69) is 31.0 Å². The highest BCUT2D eigenvalue weighted by molar-refractivity contribution is 5.75. The molecule has 0 spiro atoms. The third-order valence-electron chi connectivity index (χ3n) is 4.12. The van der Waals surface area contributed by atoms with Crippen molar-refractivity contribution in [2.24, 2.45) is 5.92 Å². The van der Waals surface area contributed by atoms with Gasteiger partial charge in [-0.1, -0.05) is 20.8 Å². The Morgan fingerprint density at radius 1 is 1.43 bits per heavy atom. The lowest BCUT2D eigenvalue weighted by atomic mass is 9.95. The normalized spacial score (nSPS) is 25.0. The number of ether oxygens (including phenoxy) is 2. The van der Waals surface area contributed by atoms with Crippen molar-refractivity contribution >= 4 is 5.97 Å². The maximum Gasteiger partial charge on any atom is 0.323 e. The zero-order chi connectivity index (χ0) is 15.8. The van der Waals surface area contributed by atoms with Gasteiger partial charge in [0.2, 0.25) is 0 Å². The van der Waals surface area contributed by atoms with Crippen LogP contribution in [0.4, 0.5) is 0 Å². The Hall–Kier alpha value is -0.650. The molecule has 0 amide bonds. The molecule has 1 fully saturated rings. The number of methoxy groups -OCH3 is 1. The summed E-state index contributed by atoms with van der Waals surface area (Å²) in [6.45, 7) is 11.6. The number of rotatable bonds is 8. The third-order valence-corrected chi connectivity index (χ3v) is 4.12. The Kier molecular flexibility index (Phi) is 8.22. The van der Waals surface area contributed by atoms with Crippen molar-refractivity contribution in [3.63, 3.8) is 0 Å². The van der Waals surface area contributed by atoms with Crippen molar-refractivity contribution in [3.8, 4) is 0 Å². The van der Waals surface area contributed by atoms with E-state index in [1.165, 1.54) is 0 Å². The summed E-state index contributed by atoms with van der Waals surface area (Å²) in [4.78, 5) is 14.4. The van der Waals surface area contributed by atoms with Gasteiger partial charge in [-0.2, -0.15) is 0 Å². The molecule has 0 aromatic rings. The number of hydrogen-bond donors (Lipinski definition) is 1. The molecule has 0 aromatic carbocycles. The molecule has 5 nitrogen and oxygen atoms in total. The lowest BCUT2D eigenvalue weighted by Gasteiger charge is -2.36. The number of piperidine rings is 1. The van der Waals surface area contributed by atoms with Crippen molar-refractivity contribution in [1.82, 2.24) is 10.2 Å². The highest BCUT2D eigenvalue weighted by Crippen LogP contribution is 2.19. The van der Waals surface area contributed by atoms with Crippen LogP contribution in [0.1, 0.15) is 40.5 Å². The van der Waals surface area contributed by atoms with E-state index in [0.717, 1.165) is 32.5 Å². The van der Waals surface area contributed by atoms with Crippen LogP contribution in [-0.2, 0) is 14.3 Å². The summed E-state index contributed by atoms with van der Waals surface area (Å²) >= 11 is 0. The van der Waals surface area contributed by atoms with Crippen LogP contribution in [0.5, 0.6) is 0 Å². The topological polar surface area (TPSA) is 50.8 Å². The number of likely N-dealkylation sites (tertiary alicyclic amines) is 1. The van der Waals surface area contributed by atoms with Gasteiger partial charge in [0.1, 0.15) is 6.04 Å². The second-order valence-corrected chi connectivity index (χ2v) is 6.26. The molecule has 124 valence electrons. The monoisotopic (exact) mass is 300 g/mol. The molecule has 1 rings (SSSR count). The lowest BCUT2D eigenvalue weighted by Crippen LogP contribution is -2.47. The van der Waals surface area contributed by atoms with Crippen molar-refractivity contribution in [1.29, 1.82) is 0 Å². The molecule has 3 atom stereocenters. The van der Waals surface area contributed by atoms with Gasteiger partial charge in [-0.25, -0.2) is 0 Å². The highest BCUT2D eigenvalue weighted by atomic mass is 16.5. The van der Waals surface area contributed by atoms with Crippen molar-refractivity contribution < 1.29 is 14.3 Å². The predicted molar refractivity (Wildman–Crippen MR) is 84.3 cm³/mol. The summed E-state index contributed by atoms with van der Waals surface area (Å²) in [5.74, 6) is 0.473. The molecule has 5 heteroatoms. The third kappa shape index (κ3) is 6.32. The SMILES string of the molecule is CCOC(=O)C(CCN1CCC(C)C(OC)C1)NC(C)C. The van der Waals surface area contributed by atoms with Crippen molar-refractivity contribution in [2.75, 3.05) is 33.4 Å². The average Bonchev–Trinajstić information content (AvgIpc) is 2.44. The fourth-order valence-corrected chi connectivity index (χ4v) is 2.83. The molecular formula is C16H32N2O3. The zero-order valence-corrected chi connectivity index (χ0v) is 14.2. The maximum atomic E-state index is 12.0. The van der Waals surface area contributed by atoms with Crippen LogP contribution in [0.2, 0.25) is 0 Å². The van der Waals surface area contributed by atoms with Gasteiger partial charge in [-0.05, 0) is 32.2 Å². The number of carbonyl (C=O) groups excluding carboxylic acids is 1. The molecule has 3 unspecified atom stereocenters. The number of esters is 1. The van der Waals surface area contributed by atoms with E-state index in [-0.39, 0.29) is 18.1 Å². The first-order valence-electron chi connectivity index (χ1n) is 8.15. The molecule has 1 N–H and O–H groups in total. The van der Waals surface area contributed by atoms with E-state index < -0.39 is 0 Å². The van der Waals surface area contributed by atoms with Gasteiger partial charge in [-0.15, -0.1) is 0 Å². The second kappa shape index (κ2) is 9.38. The maximum absolute atomic E-state index is 12.0. The summed E-state index contributed by atoms with van der Waals surface area (Å²) in [5.41, 5.74) is 0. The summed E-state index contributed by atoms with van der Waals surface area (Å²) in [7, 11) is 1.78. The van der Waals surface area contributed by atoms with Gasteiger partial charge in [0.15, 0.2) is 0 Å². The number of carbonyl (C=O) groups is 1. The largest absolute Gasteiger partial charge is 0.465 e. The first-order chi connectivity index (χ1) is 9.97. The van der Waals surface area contributed by atoms with E-state index in [1.807, 2.05) is 6.92 Å². The van der Waals surface area contributed by atoms with E-state index in [9.17, 15) is 4.79 Å². The minimum Gasteiger partial charge on any atom is -0.465 e. The summed E-state index contributed by atoms with van der Waals surface area (Å²) in [5, 5.41) is 3.31. The van der Waals surface area contributed by atoms with Crippen LogP contribution in [0.15, 0.2) is 0 Å². The molecule has 1 saturated heterocycles. The van der Waals surface area contributed by atoms with Gasteiger partial charge >= 0.3 is 5.97 Å². The Bertz CT molecular complexity index is 310. The second-order valence-electron chi connectivity index (χ2n) is 6.26. The molecular weight excluding hydrogens is 268 g/mol.